The van der Waals surface area contributed by atoms with E-state index in [-0.39, 0.29) is 0 Å². The molecule has 1 saturated carbocycles. The highest BCUT2D eigenvalue weighted by Crippen LogP contribution is 2.34. The van der Waals surface area contributed by atoms with Crippen LogP contribution in [0.2, 0.25) is 0 Å². The Bertz CT molecular complexity index is 144. The van der Waals surface area contributed by atoms with Crippen LogP contribution in [0.4, 0.5) is 0 Å². The van der Waals surface area contributed by atoms with E-state index in [9.17, 15) is 0 Å². The molecule has 3 atom stereocenters. The van der Waals surface area contributed by atoms with Gasteiger partial charge in [-0.1, -0.05) is 0 Å². The minimum Gasteiger partial charge on any atom is -0.317 e. The minimum absolute atomic E-state index is 0.795. The van der Waals surface area contributed by atoms with Crippen LogP contribution in [0.15, 0.2) is 0 Å². The summed E-state index contributed by atoms with van der Waals surface area (Å²) in [5.41, 5.74) is 0. The number of rotatable bonds is 1. The van der Waals surface area contributed by atoms with Gasteiger partial charge in [0, 0.05) is 18.6 Å². The molecular formula is C9H18N2. The Morgan fingerprint density at radius 2 is 2.09 bits per heavy atom. The van der Waals surface area contributed by atoms with Crippen LogP contribution in [0.3, 0.4) is 0 Å². The molecule has 2 bridgehead atoms. The van der Waals surface area contributed by atoms with E-state index >= 15 is 0 Å². The molecule has 2 rings (SSSR count). The number of likely N-dealkylation sites (tertiary alicyclic amines) is 1. The number of fused-ring (bicyclic) bond motifs is 2. The van der Waals surface area contributed by atoms with Crippen molar-refractivity contribution in [1.82, 2.24) is 10.2 Å². The topological polar surface area (TPSA) is 15.3 Å². The Morgan fingerprint density at radius 1 is 1.27 bits per heavy atom. The van der Waals surface area contributed by atoms with Crippen LogP contribution in [0, 0.1) is 5.92 Å². The molecule has 0 spiro atoms. The van der Waals surface area contributed by atoms with E-state index in [1.54, 1.807) is 0 Å². The van der Waals surface area contributed by atoms with Crippen molar-refractivity contribution < 1.29 is 0 Å². The summed E-state index contributed by atoms with van der Waals surface area (Å²) in [4.78, 5) is 2.53. The summed E-state index contributed by atoms with van der Waals surface area (Å²) in [6.45, 7) is 1.34. The lowest BCUT2D eigenvalue weighted by atomic mass is 9.87. The summed E-state index contributed by atoms with van der Waals surface area (Å²) in [5, 5.41) is 3.40. The predicted molar refractivity (Wildman–Crippen MR) is 46.6 cm³/mol. The van der Waals surface area contributed by atoms with Gasteiger partial charge in [0.05, 0.1) is 0 Å². The first-order valence-electron chi connectivity index (χ1n) is 4.67. The molecule has 64 valence electrons. The molecule has 0 aromatic rings. The second-order valence-corrected chi connectivity index (χ2v) is 4.15. The third-order valence-electron chi connectivity index (χ3n) is 3.36. The van der Waals surface area contributed by atoms with Crippen LogP contribution in [-0.2, 0) is 0 Å². The zero-order chi connectivity index (χ0) is 7.84. The van der Waals surface area contributed by atoms with Gasteiger partial charge < -0.3 is 10.2 Å². The van der Waals surface area contributed by atoms with E-state index in [0.717, 1.165) is 18.0 Å². The van der Waals surface area contributed by atoms with Crippen LogP contribution in [0.1, 0.15) is 19.3 Å². The van der Waals surface area contributed by atoms with Gasteiger partial charge in [0.15, 0.2) is 0 Å². The zero-order valence-corrected chi connectivity index (χ0v) is 7.51. The summed E-state index contributed by atoms with van der Waals surface area (Å²) in [6, 6.07) is 1.68. The molecule has 1 heterocycles. The average molecular weight is 154 g/mol. The Labute approximate surface area is 69.0 Å². The van der Waals surface area contributed by atoms with Gasteiger partial charge in [-0.05, 0) is 39.3 Å². The van der Waals surface area contributed by atoms with Crippen LogP contribution in [0.25, 0.3) is 0 Å². The Balaban J connectivity index is 2.00. The third-order valence-corrected chi connectivity index (χ3v) is 3.36. The summed E-state index contributed by atoms with van der Waals surface area (Å²) in [5.74, 6) is 0.983. The van der Waals surface area contributed by atoms with Crippen molar-refractivity contribution in [2.45, 2.75) is 31.3 Å². The van der Waals surface area contributed by atoms with E-state index in [0.29, 0.717) is 0 Å². The fourth-order valence-electron chi connectivity index (χ4n) is 2.71. The normalized spacial score (nSPS) is 44.7. The maximum atomic E-state index is 3.40. The van der Waals surface area contributed by atoms with Crippen molar-refractivity contribution in [3.63, 3.8) is 0 Å². The van der Waals surface area contributed by atoms with Crippen molar-refractivity contribution in [3.05, 3.63) is 0 Å². The highest BCUT2D eigenvalue weighted by Gasteiger charge is 2.36. The molecule has 3 unspecified atom stereocenters. The van der Waals surface area contributed by atoms with E-state index in [1.165, 1.54) is 25.8 Å². The SMILES string of the molecule is CNC1CC2CC(C1)N(C)C2. The molecule has 11 heavy (non-hydrogen) atoms. The fourth-order valence-corrected chi connectivity index (χ4v) is 2.71. The summed E-state index contributed by atoms with van der Waals surface area (Å²) in [7, 11) is 4.36. The molecule has 1 aliphatic heterocycles. The first kappa shape index (κ1) is 7.56. The third kappa shape index (κ3) is 1.30. The van der Waals surface area contributed by atoms with Gasteiger partial charge in [-0.2, -0.15) is 0 Å². The standard InChI is InChI=1S/C9H18N2/c1-10-8-3-7-4-9(5-8)11(2)6-7/h7-10H,3-6H2,1-2H3. The van der Waals surface area contributed by atoms with E-state index in [2.05, 4.69) is 24.3 Å². The summed E-state index contributed by atoms with van der Waals surface area (Å²) >= 11 is 0. The molecule has 0 aromatic heterocycles. The Hall–Kier alpha value is -0.0800. The average Bonchev–Trinajstić information content (AvgIpc) is 2.26. The monoisotopic (exact) mass is 154 g/mol. The molecule has 0 radical (unpaired) electrons. The second kappa shape index (κ2) is 2.76. The largest absolute Gasteiger partial charge is 0.317 e. The van der Waals surface area contributed by atoms with Crippen molar-refractivity contribution in [3.8, 4) is 0 Å². The van der Waals surface area contributed by atoms with Crippen LogP contribution in [0.5, 0.6) is 0 Å². The van der Waals surface area contributed by atoms with Crippen molar-refractivity contribution in [2.75, 3.05) is 20.6 Å². The molecule has 0 amide bonds. The molecule has 1 aliphatic carbocycles. The van der Waals surface area contributed by atoms with Gasteiger partial charge in [-0.15, -0.1) is 0 Å². The molecule has 2 fully saturated rings. The smallest absolute Gasteiger partial charge is 0.0110 e. The van der Waals surface area contributed by atoms with Gasteiger partial charge in [0.2, 0.25) is 0 Å². The van der Waals surface area contributed by atoms with Crippen LogP contribution >= 0.6 is 0 Å². The fraction of sp³-hybridized carbons (Fsp3) is 1.00. The summed E-state index contributed by atoms with van der Waals surface area (Å²) in [6.07, 6.45) is 4.22. The predicted octanol–water partition coefficient (Wildman–Crippen LogP) is 0.688. The number of hydrogen-bond donors (Lipinski definition) is 1. The van der Waals surface area contributed by atoms with E-state index in [1.807, 2.05) is 0 Å². The van der Waals surface area contributed by atoms with E-state index < -0.39 is 0 Å². The highest BCUT2D eigenvalue weighted by atomic mass is 15.2. The van der Waals surface area contributed by atoms with Gasteiger partial charge in [-0.3, -0.25) is 0 Å². The minimum atomic E-state index is 0.795. The number of nitrogens with one attached hydrogen (secondary N) is 1. The van der Waals surface area contributed by atoms with Crippen molar-refractivity contribution in [1.29, 1.82) is 0 Å². The molecule has 2 nitrogen and oxygen atoms in total. The lowest BCUT2D eigenvalue weighted by Crippen LogP contribution is -2.36. The first-order chi connectivity index (χ1) is 5.29. The maximum absolute atomic E-state index is 3.40. The van der Waals surface area contributed by atoms with E-state index in [4.69, 9.17) is 0 Å². The molecule has 1 N–H and O–H groups in total. The lowest BCUT2D eigenvalue weighted by Gasteiger charge is -2.27. The number of nitrogens with zero attached hydrogens (tertiary/aromatic N) is 1. The van der Waals surface area contributed by atoms with Gasteiger partial charge >= 0.3 is 0 Å². The summed E-state index contributed by atoms with van der Waals surface area (Å²) < 4.78 is 0. The molecule has 2 heteroatoms. The van der Waals surface area contributed by atoms with Crippen molar-refractivity contribution >= 4 is 0 Å². The molecule has 1 saturated heterocycles. The Kier molecular flexibility index (Phi) is 1.90. The zero-order valence-electron chi connectivity index (χ0n) is 7.51. The van der Waals surface area contributed by atoms with Crippen LogP contribution in [-0.4, -0.2) is 37.6 Å². The highest BCUT2D eigenvalue weighted by molar-refractivity contribution is 4.93. The number of hydrogen-bond acceptors (Lipinski definition) is 2. The van der Waals surface area contributed by atoms with Gasteiger partial charge in [0.1, 0.15) is 0 Å². The Morgan fingerprint density at radius 3 is 2.73 bits per heavy atom. The van der Waals surface area contributed by atoms with Crippen LogP contribution < -0.4 is 5.32 Å². The molecule has 0 aromatic carbocycles. The van der Waals surface area contributed by atoms with Gasteiger partial charge in [0.25, 0.3) is 0 Å². The van der Waals surface area contributed by atoms with Gasteiger partial charge in [-0.25, -0.2) is 0 Å². The quantitative estimate of drug-likeness (QED) is 0.598. The lowest BCUT2D eigenvalue weighted by molar-refractivity contribution is 0.268. The van der Waals surface area contributed by atoms with Crippen molar-refractivity contribution in [2.24, 2.45) is 5.92 Å². The second-order valence-electron chi connectivity index (χ2n) is 4.15. The maximum Gasteiger partial charge on any atom is 0.0110 e. The molecule has 2 aliphatic rings. The first-order valence-corrected chi connectivity index (χ1v) is 4.67. The molecular weight excluding hydrogens is 136 g/mol.